The van der Waals surface area contributed by atoms with Gasteiger partial charge in [0.15, 0.2) is 0 Å². The average Bonchev–Trinajstić information content (AvgIpc) is 2.48. The Morgan fingerprint density at radius 1 is 1.27 bits per heavy atom. The third kappa shape index (κ3) is 3.40. The number of amides is 1. The van der Waals surface area contributed by atoms with Crippen molar-refractivity contribution >= 4 is 17.4 Å². The van der Waals surface area contributed by atoms with E-state index in [1.807, 2.05) is 19.0 Å². The number of carbonyl (C=O) groups excluding carboxylic acids is 1. The third-order valence-corrected chi connectivity index (χ3v) is 3.06. The van der Waals surface area contributed by atoms with Crippen molar-refractivity contribution in [3.8, 4) is 0 Å². The maximum atomic E-state index is 12.0. The Balaban J connectivity index is 2.09. The van der Waals surface area contributed by atoms with Gasteiger partial charge in [0.05, 0.1) is 11.9 Å². The maximum Gasteiger partial charge on any atom is 0.331 e. The van der Waals surface area contributed by atoms with E-state index in [0.717, 1.165) is 10.4 Å². The van der Waals surface area contributed by atoms with Gasteiger partial charge in [0.1, 0.15) is 12.4 Å². The number of anilines is 2. The summed E-state index contributed by atoms with van der Waals surface area (Å²) in [6, 6.07) is 4.74. The van der Waals surface area contributed by atoms with Crippen LogP contribution in [0.2, 0.25) is 0 Å². The number of nitrogens with one attached hydrogen (secondary N) is 1. The molecule has 1 amide bonds. The van der Waals surface area contributed by atoms with Gasteiger partial charge in [-0.25, -0.2) is 9.78 Å². The van der Waals surface area contributed by atoms with E-state index in [1.165, 1.54) is 30.1 Å². The fourth-order valence-corrected chi connectivity index (χ4v) is 1.82. The van der Waals surface area contributed by atoms with Crippen molar-refractivity contribution < 1.29 is 4.79 Å². The number of hydrogen-bond acceptors (Lipinski definition) is 5. The Bertz CT molecular complexity index is 789. The summed E-state index contributed by atoms with van der Waals surface area (Å²) >= 11 is 0. The second kappa shape index (κ2) is 6.25. The van der Waals surface area contributed by atoms with Crippen molar-refractivity contribution in [2.24, 2.45) is 7.05 Å². The molecule has 8 nitrogen and oxygen atoms in total. The molecule has 2 aromatic rings. The van der Waals surface area contributed by atoms with Gasteiger partial charge in [-0.3, -0.25) is 18.7 Å². The zero-order valence-electron chi connectivity index (χ0n) is 12.6. The SMILES string of the molecule is CN(C)c1ccc(NC(=O)Cn2ccc(=O)n(C)c2=O)cn1. The van der Waals surface area contributed by atoms with Gasteiger partial charge in [-0.1, -0.05) is 0 Å². The molecule has 0 fully saturated rings. The van der Waals surface area contributed by atoms with Gasteiger partial charge < -0.3 is 10.2 Å². The Morgan fingerprint density at radius 3 is 2.59 bits per heavy atom. The molecule has 2 aromatic heterocycles. The lowest BCUT2D eigenvalue weighted by Crippen LogP contribution is -2.38. The fraction of sp³-hybridized carbons (Fsp3) is 0.286. The average molecular weight is 303 g/mol. The monoisotopic (exact) mass is 303 g/mol. The molecule has 0 atom stereocenters. The molecule has 0 aliphatic rings. The van der Waals surface area contributed by atoms with Gasteiger partial charge in [-0.05, 0) is 12.1 Å². The van der Waals surface area contributed by atoms with Crippen LogP contribution in [-0.2, 0) is 18.4 Å². The Kier molecular flexibility index (Phi) is 4.40. The summed E-state index contributed by atoms with van der Waals surface area (Å²) in [4.78, 5) is 41.1. The molecular formula is C14H17N5O3. The van der Waals surface area contributed by atoms with Gasteiger partial charge in [-0.2, -0.15) is 0 Å². The molecule has 0 radical (unpaired) electrons. The Morgan fingerprint density at radius 2 is 2.00 bits per heavy atom. The van der Waals surface area contributed by atoms with Crippen LogP contribution in [0.3, 0.4) is 0 Å². The molecule has 0 saturated carbocycles. The highest BCUT2D eigenvalue weighted by atomic mass is 16.2. The molecule has 22 heavy (non-hydrogen) atoms. The zero-order valence-corrected chi connectivity index (χ0v) is 12.6. The molecular weight excluding hydrogens is 286 g/mol. The highest BCUT2D eigenvalue weighted by molar-refractivity contribution is 5.90. The maximum absolute atomic E-state index is 12.0. The van der Waals surface area contributed by atoms with Crippen LogP contribution in [0.5, 0.6) is 0 Å². The molecule has 1 N–H and O–H groups in total. The summed E-state index contributed by atoms with van der Waals surface area (Å²) < 4.78 is 2.11. The van der Waals surface area contributed by atoms with E-state index in [-0.39, 0.29) is 12.5 Å². The molecule has 2 rings (SSSR count). The lowest BCUT2D eigenvalue weighted by atomic mass is 10.4. The standard InChI is InChI=1S/C14H17N5O3/c1-17(2)11-5-4-10(8-15-11)16-12(20)9-19-7-6-13(21)18(3)14(19)22/h4-8H,9H2,1-3H3,(H,16,20). The second-order valence-corrected chi connectivity index (χ2v) is 4.97. The minimum atomic E-state index is -0.538. The molecule has 0 bridgehead atoms. The first-order valence-electron chi connectivity index (χ1n) is 6.58. The van der Waals surface area contributed by atoms with Crippen LogP contribution in [0.25, 0.3) is 0 Å². The number of aromatic nitrogens is 3. The Labute approximate surface area is 126 Å². The molecule has 0 spiro atoms. The molecule has 8 heteroatoms. The van der Waals surface area contributed by atoms with Crippen LogP contribution < -0.4 is 21.5 Å². The summed E-state index contributed by atoms with van der Waals surface area (Å²) in [5.74, 6) is 0.396. The molecule has 0 aliphatic heterocycles. The smallest absolute Gasteiger partial charge is 0.331 e. The predicted octanol–water partition coefficient (Wildman–Crippen LogP) is -0.353. The summed E-state index contributed by atoms with van der Waals surface area (Å²) in [7, 11) is 5.10. The first-order chi connectivity index (χ1) is 10.4. The van der Waals surface area contributed by atoms with E-state index in [2.05, 4.69) is 10.3 Å². The molecule has 0 aliphatic carbocycles. The predicted molar refractivity (Wildman–Crippen MR) is 83.1 cm³/mol. The topological polar surface area (TPSA) is 89.2 Å². The highest BCUT2D eigenvalue weighted by Gasteiger charge is 2.08. The van der Waals surface area contributed by atoms with E-state index >= 15 is 0 Å². The van der Waals surface area contributed by atoms with Crippen LogP contribution in [0, 0.1) is 0 Å². The van der Waals surface area contributed by atoms with E-state index < -0.39 is 11.2 Å². The van der Waals surface area contributed by atoms with Crippen molar-refractivity contribution in [1.82, 2.24) is 14.1 Å². The molecule has 0 unspecified atom stereocenters. The van der Waals surface area contributed by atoms with Gasteiger partial charge in [-0.15, -0.1) is 0 Å². The number of hydrogen-bond donors (Lipinski definition) is 1. The summed E-state index contributed by atoms with van der Waals surface area (Å²) in [5.41, 5.74) is -0.415. The second-order valence-electron chi connectivity index (χ2n) is 4.97. The van der Waals surface area contributed by atoms with Crippen LogP contribution in [-0.4, -0.2) is 34.1 Å². The summed E-state index contributed by atoms with van der Waals surface area (Å²) in [5, 5.41) is 2.65. The van der Waals surface area contributed by atoms with Crippen molar-refractivity contribution in [1.29, 1.82) is 0 Å². The van der Waals surface area contributed by atoms with E-state index in [4.69, 9.17) is 0 Å². The quantitative estimate of drug-likeness (QED) is 0.833. The van der Waals surface area contributed by atoms with Crippen molar-refractivity contribution in [2.75, 3.05) is 24.3 Å². The summed E-state index contributed by atoms with van der Waals surface area (Å²) in [6.45, 7) is -0.178. The van der Waals surface area contributed by atoms with E-state index in [9.17, 15) is 14.4 Å². The lowest BCUT2D eigenvalue weighted by Gasteiger charge is -2.12. The molecule has 0 saturated heterocycles. The number of nitrogens with zero attached hydrogens (tertiary/aromatic N) is 4. The molecule has 2 heterocycles. The van der Waals surface area contributed by atoms with Gasteiger partial charge in [0.25, 0.3) is 5.56 Å². The molecule has 116 valence electrons. The van der Waals surface area contributed by atoms with Gasteiger partial charge in [0.2, 0.25) is 5.91 Å². The number of carbonyl (C=O) groups is 1. The highest BCUT2D eigenvalue weighted by Crippen LogP contribution is 2.11. The lowest BCUT2D eigenvalue weighted by molar-refractivity contribution is -0.116. The van der Waals surface area contributed by atoms with Crippen LogP contribution in [0.15, 0.2) is 40.2 Å². The van der Waals surface area contributed by atoms with E-state index in [0.29, 0.717) is 5.69 Å². The van der Waals surface area contributed by atoms with Crippen molar-refractivity contribution in [2.45, 2.75) is 6.54 Å². The van der Waals surface area contributed by atoms with Crippen LogP contribution in [0.1, 0.15) is 0 Å². The van der Waals surface area contributed by atoms with E-state index in [1.54, 1.807) is 12.1 Å². The normalized spacial score (nSPS) is 10.3. The van der Waals surface area contributed by atoms with Crippen LogP contribution >= 0.6 is 0 Å². The number of pyridine rings is 1. The fourth-order valence-electron chi connectivity index (χ4n) is 1.82. The largest absolute Gasteiger partial charge is 0.363 e. The summed E-state index contributed by atoms with van der Waals surface area (Å²) in [6.07, 6.45) is 2.84. The Hall–Kier alpha value is -2.90. The number of rotatable bonds is 4. The first kappa shape index (κ1) is 15.5. The van der Waals surface area contributed by atoms with Gasteiger partial charge >= 0.3 is 5.69 Å². The van der Waals surface area contributed by atoms with Crippen LogP contribution in [0.4, 0.5) is 11.5 Å². The van der Waals surface area contributed by atoms with Gasteiger partial charge in [0, 0.05) is 33.4 Å². The molecule has 0 aromatic carbocycles. The first-order valence-corrected chi connectivity index (χ1v) is 6.58. The minimum absolute atomic E-state index is 0.178. The van der Waals surface area contributed by atoms with Crippen molar-refractivity contribution in [3.63, 3.8) is 0 Å². The van der Waals surface area contributed by atoms with Crippen molar-refractivity contribution in [3.05, 3.63) is 51.4 Å². The minimum Gasteiger partial charge on any atom is -0.363 e. The third-order valence-electron chi connectivity index (χ3n) is 3.06. The zero-order chi connectivity index (χ0) is 16.3.